The molecular formula is C24H13Cl2F4N3O3. The maximum atomic E-state index is 13.2. The first-order chi connectivity index (χ1) is 17.0. The highest BCUT2D eigenvalue weighted by Gasteiger charge is 2.39. The summed E-state index contributed by atoms with van der Waals surface area (Å²) < 4.78 is 52.2. The van der Waals surface area contributed by atoms with Crippen molar-refractivity contribution < 1.29 is 31.9 Å². The zero-order chi connectivity index (χ0) is 26.2. The molecule has 0 aromatic heterocycles. The number of amides is 3. The van der Waals surface area contributed by atoms with Gasteiger partial charge in [0.05, 0.1) is 22.0 Å². The Kier molecular flexibility index (Phi) is 6.75. The van der Waals surface area contributed by atoms with Crippen molar-refractivity contribution in [1.29, 1.82) is 0 Å². The van der Waals surface area contributed by atoms with Crippen LogP contribution in [0.5, 0.6) is 0 Å². The highest BCUT2D eigenvalue weighted by molar-refractivity contribution is 6.53. The molecule has 1 aliphatic heterocycles. The average Bonchev–Trinajstić information content (AvgIpc) is 3.03. The quantitative estimate of drug-likeness (QED) is 0.300. The van der Waals surface area contributed by atoms with Gasteiger partial charge in [-0.3, -0.25) is 14.4 Å². The van der Waals surface area contributed by atoms with Crippen molar-refractivity contribution in [2.75, 3.05) is 15.5 Å². The Bertz CT molecular complexity index is 1420. The van der Waals surface area contributed by atoms with Crippen LogP contribution in [0.1, 0.15) is 15.9 Å². The van der Waals surface area contributed by atoms with Crippen molar-refractivity contribution in [3.8, 4) is 0 Å². The fourth-order valence-corrected chi connectivity index (χ4v) is 3.69. The summed E-state index contributed by atoms with van der Waals surface area (Å²) in [7, 11) is 0. The summed E-state index contributed by atoms with van der Waals surface area (Å²) in [5.74, 6) is -2.97. The molecule has 1 aliphatic rings. The van der Waals surface area contributed by atoms with Gasteiger partial charge in [0.1, 0.15) is 16.5 Å². The monoisotopic (exact) mass is 537 g/mol. The molecule has 0 aliphatic carbocycles. The topological polar surface area (TPSA) is 78.5 Å². The maximum absolute atomic E-state index is 13.2. The van der Waals surface area contributed by atoms with Gasteiger partial charge in [-0.2, -0.15) is 13.2 Å². The predicted octanol–water partition coefficient (Wildman–Crippen LogP) is 6.19. The fourth-order valence-electron chi connectivity index (χ4n) is 3.31. The Morgan fingerprint density at radius 1 is 0.889 bits per heavy atom. The van der Waals surface area contributed by atoms with E-state index in [2.05, 4.69) is 10.6 Å². The molecule has 36 heavy (non-hydrogen) atoms. The summed E-state index contributed by atoms with van der Waals surface area (Å²) in [6.45, 7) is 0. The second kappa shape index (κ2) is 9.63. The predicted molar refractivity (Wildman–Crippen MR) is 126 cm³/mol. The fraction of sp³-hybridized carbons (Fsp3) is 0.0417. The zero-order valence-electron chi connectivity index (χ0n) is 17.8. The summed E-state index contributed by atoms with van der Waals surface area (Å²) >= 11 is 12.0. The van der Waals surface area contributed by atoms with Crippen LogP contribution in [0.25, 0.3) is 0 Å². The Hall–Kier alpha value is -3.89. The largest absolute Gasteiger partial charge is 0.416 e. The van der Waals surface area contributed by atoms with Crippen molar-refractivity contribution in [2.24, 2.45) is 0 Å². The summed E-state index contributed by atoms with van der Waals surface area (Å²) in [5.41, 5.74) is -1.20. The second-order valence-corrected chi connectivity index (χ2v) is 8.25. The van der Waals surface area contributed by atoms with Crippen molar-refractivity contribution in [1.82, 2.24) is 0 Å². The molecule has 2 N–H and O–H groups in total. The molecule has 184 valence electrons. The van der Waals surface area contributed by atoms with Crippen molar-refractivity contribution in [3.05, 3.63) is 99.4 Å². The van der Waals surface area contributed by atoms with E-state index < -0.39 is 40.3 Å². The lowest BCUT2D eigenvalue weighted by Crippen LogP contribution is -2.32. The number of nitrogens with one attached hydrogen (secondary N) is 2. The molecule has 0 radical (unpaired) electrons. The summed E-state index contributed by atoms with van der Waals surface area (Å²) in [6.07, 6.45) is -4.63. The number of rotatable bonds is 5. The van der Waals surface area contributed by atoms with Crippen LogP contribution in [0.15, 0.2) is 77.5 Å². The third kappa shape index (κ3) is 5.05. The highest BCUT2D eigenvalue weighted by Crippen LogP contribution is 2.34. The average molecular weight is 538 g/mol. The van der Waals surface area contributed by atoms with Gasteiger partial charge in [-0.05, 0) is 60.7 Å². The van der Waals surface area contributed by atoms with E-state index in [0.29, 0.717) is 6.07 Å². The van der Waals surface area contributed by atoms with Gasteiger partial charge in [0.2, 0.25) is 0 Å². The molecule has 0 atom stereocenters. The van der Waals surface area contributed by atoms with E-state index in [-0.39, 0.29) is 33.3 Å². The minimum Gasteiger partial charge on any atom is -0.350 e. The molecule has 12 heteroatoms. The number of benzene rings is 3. The van der Waals surface area contributed by atoms with Gasteiger partial charge in [0, 0.05) is 11.3 Å². The van der Waals surface area contributed by atoms with Gasteiger partial charge in [0.15, 0.2) is 0 Å². The van der Waals surface area contributed by atoms with Crippen LogP contribution in [0.3, 0.4) is 0 Å². The molecule has 0 bridgehead atoms. The normalized spacial score (nSPS) is 13.9. The number of alkyl halides is 3. The van der Waals surface area contributed by atoms with E-state index in [1.165, 1.54) is 36.4 Å². The number of halogens is 6. The van der Waals surface area contributed by atoms with Crippen LogP contribution in [-0.2, 0) is 15.8 Å². The third-order valence-corrected chi connectivity index (χ3v) is 5.73. The Morgan fingerprint density at radius 2 is 1.58 bits per heavy atom. The van der Waals surface area contributed by atoms with Gasteiger partial charge >= 0.3 is 6.18 Å². The highest BCUT2D eigenvalue weighted by atomic mass is 35.5. The van der Waals surface area contributed by atoms with Crippen molar-refractivity contribution in [3.63, 3.8) is 0 Å². The third-order valence-electron chi connectivity index (χ3n) is 5.05. The SMILES string of the molecule is O=C(Nc1cc(C(F)(F)F)ccc1Cl)c1cccc(NC2=C(Cl)C(=O)N(c3ccc(F)cc3)C2=O)c1. The molecule has 0 saturated heterocycles. The van der Waals surface area contributed by atoms with Crippen molar-refractivity contribution in [2.45, 2.75) is 6.18 Å². The minimum absolute atomic E-state index is 0.0114. The molecule has 0 spiro atoms. The van der Waals surface area contributed by atoms with E-state index in [1.54, 1.807) is 0 Å². The molecule has 1 heterocycles. The van der Waals surface area contributed by atoms with E-state index in [1.807, 2.05) is 0 Å². The molecule has 6 nitrogen and oxygen atoms in total. The van der Waals surface area contributed by atoms with Gasteiger partial charge in [-0.25, -0.2) is 9.29 Å². The number of nitrogens with zero attached hydrogens (tertiary/aromatic N) is 1. The second-order valence-electron chi connectivity index (χ2n) is 7.46. The molecule has 3 amide bonds. The number of anilines is 3. The number of imide groups is 1. The molecule has 3 aromatic carbocycles. The van der Waals surface area contributed by atoms with Crippen molar-refractivity contribution >= 4 is 58.0 Å². The van der Waals surface area contributed by atoms with Gasteiger partial charge in [0.25, 0.3) is 17.7 Å². The lowest BCUT2D eigenvalue weighted by atomic mass is 10.1. The standard InChI is InChI=1S/C24H13Cl2F4N3O3/c25-17-9-4-13(24(28,29)30)11-18(17)32-21(34)12-2-1-3-15(10-12)31-20-19(26)22(35)33(23(20)36)16-7-5-14(27)6-8-16/h1-11,31H,(H,32,34). The number of carbonyl (C=O) groups excluding carboxylic acids is 3. The van der Waals surface area contributed by atoms with Crippen LogP contribution >= 0.6 is 23.2 Å². The Balaban J connectivity index is 1.54. The number of hydrogen-bond donors (Lipinski definition) is 2. The first-order valence-corrected chi connectivity index (χ1v) is 10.8. The van der Waals surface area contributed by atoms with Crippen LogP contribution in [-0.4, -0.2) is 17.7 Å². The number of hydrogen-bond acceptors (Lipinski definition) is 4. The van der Waals surface area contributed by atoms with Crippen LogP contribution < -0.4 is 15.5 Å². The molecule has 0 fully saturated rings. The first kappa shape index (κ1) is 25.2. The summed E-state index contributed by atoms with van der Waals surface area (Å²) in [6, 6.07) is 12.7. The van der Waals surface area contributed by atoms with Gasteiger partial charge < -0.3 is 10.6 Å². The van der Waals surface area contributed by atoms with E-state index in [4.69, 9.17) is 23.2 Å². The molecular weight excluding hydrogens is 525 g/mol. The lowest BCUT2D eigenvalue weighted by Gasteiger charge is -2.15. The molecule has 4 rings (SSSR count). The number of carbonyl (C=O) groups is 3. The zero-order valence-corrected chi connectivity index (χ0v) is 19.3. The van der Waals surface area contributed by atoms with Gasteiger partial charge in [-0.15, -0.1) is 0 Å². The van der Waals surface area contributed by atoms with E-state index >= 15 is 0 Å². The van der Waals surface area contributed by atoms with E-state index in [9.17, 15) is 31.9 Å². The smallest absolute Gasteiger partial charge is 0.350 e. The lowest BCUT2D eigenvalue weighted by molar-refractivity contribution is -0.137. The Morgan fingerprint density at radius 3 is 2.25 bits per heavy atom. The van der Waals surface area contributed by atoms with Crippen LogP contribution in [0, 0.1) is 5.82 Å². The first-order valence-electron chi connectivity index (χ1n) is 10.0. The Labute approximate surface area is 211 Å². The van der Waals surface area contributed by atoms with Gasteiger partial charge in [-0.1, -0.05) is 29.3 Å². The van der Waals surface area contributed by atoms with Crippen LogP contribution in [0.2, 0.25) is 5.02 Å². The minimum atomic E-state index is -4.63. The molecule has 0 saturated carbocycles. The summed E-state index contributed by atoms with van der Waals surface area (Å²) in [5, 5.41) is 4.49. The van der Waals surface area contributed by atoms with E-state index in [0.717, 1.165) is 29.2 Å². The maximum Gasteiger partial charge on any atom is 0.416 e. The van der Waals surface area contributed by atoms with Crippen LogP contribution in [0.4, 0.5) is 34.6 Å². The summed E-state index contributed by atoms with van der Waals surface area (Å²) in [4.78, 5) is 38.8. The molecule has 3 aromatic rings. The molecule has 0 unspecified atom stereocenters.